The summed E-state index contributed by atoms with van der Waals surface area (Å²) in [6, 6.07) is 0.622. The van der Waals surface area contributed by atoms with E-state index in [0.717, 1.165) is 15.9 Å². The van der Waals surface area contributed by atoms with E-state index >= 15 is 0 Å². The van der Waals surface area contributed by atoms with E-state index in [1.54, 1.807) is 5.38 Å². The lowest BCUT2D eigenvalue weighted by Gasteiger charge is -1.99. The number of thiophene rings is 1. The van der Waals surface area contributed by atoms with Crippen molar-refractivity contribution in [3.8, 4) is 0 Å². The average molecular weight is 211 g/mol. The number of nitrogens with two attached hydrogens (primary N) is 1. The molecule has 0 aliphatic heterocycles. The molecule has 2 aromatic heterocycles. The molecule has 72 valence electrons. The van der Waals surface area contributed by atoms with Crippen LogP contribution in [0.25, 0.3) is 10.2 Å². The molecule has 0 spiro atoms. The molecule has 0 bridgehead atoms. The second-order valence-corrected chi connectivity index (χ2v) is 3.47. The lowest BCUT2D eigenvalue weighted by molar-refractivity contribution is 0.250. The van der Waals surface area contributed by atoms with Crippen LogP contribution in [0.4, 0.5) is 4.79 Å². The molecule has 0 unspecified atom stereocenters. The Kier molecular flexibility index (Phi) is 1.74. The summed E-state index contributed by atoms with van der Waals surface area (Å²) < 4.78 is 0.737. The first-order valence-corrected chi connectivity index (χ1v) is 4.51. The van der Waals surface area contributed by atoms with E-state index in [1.165, 1.54) is 6.07 Å². The van der Waals surface area contributed by atoms with E-state index in [-0.39, 0.29) is 10.2 Å². The van der Waals surface area contributed by atoms with Crippen molar-refractivity contribution >= 4 is 27.6 Å². The topological polar surface area (TPSA) is 97.9 Å². The molecular formula is C7H5N3O3S. The fourth-order valence-electron chi connectivity index (χ4n) is 1.16. The predicted octanol–water partition coefficient (Wildman–Crippen LogP) is -0.322. The summed E-state index contributed by atoms with van der Waals surface area (Å²) >= 11 is 1.11. The Morgan fingerprint density at radius 2 is 2.21 bits per heavy atom. The van der Waals surface area contributed by atoms with Crippen molar-refractivity contribution in [2.75, 3.05) is 0 Å². The van der Waals surface area contributed by atoms with Crippen LogP contribution in [0.3, 0.4) is 0 Å². The maximum atomic E-state index is 11.2. The smallest absolute Gasteiger partial charge is 0.337 e. The van der Waals surface area contributed by atoms with Crippen molar-refractivity contribution in [2.45, 2.75) is 0 Å². The SMILES string of the molecule is NC(=O)n1c(=O)[nH]c(=O)c2ccsc21. The summed E-state index contributed by atoms with van der Waals surface area (Å²) in [4.78, 5) is 35.6. The molecule has 7 heteroatoms. The number of fused-ring (bicyclic) bond motifs is 1. The van der Waals surface area contributed by atoms with E-state index in [1.807, 2.05) is 4.98 Å². The van der Waals surface area contributed by atoms with Crippen molar-refractivity contribution in [2.24, 2.45) is 5.73 Å². The highest BCUT2D eigenvalue weighted by molar-refractivity contribution is 7.16. The van der Waals surface area contributed by atoms with E-state index in [2.05, 4.69) is 0 Å². The molecular weight excluding hydrogens is 206 g/mol. The highest BCUT2D eigenvalue weighted by atomic mass is 32.1. The molecule has 0 saturated heterocycles. The average Bonchev–Trinajstić information content (AvgIpc) is 2.51. The van der Waals surface area contributed by atoms with Gasteiger partial charge in [0.15, 0.2) is 0 Å². The summed E-state index contributed by atoms with van der Waals surface area (Å²) in [7, 11) is 0. The molecule has 2 aromatic rings. The molecule has 0 radical (unpaired) electrons. The molecule has 0 aliphatic carbocycles. The largest absolute Gasteiger partial charge is 0.351 e. The Labute approximate surface area is 80.6 Å². The molecule has 6 nitrogen and oxygen atoms in total. The normalized spacial score (nSPS) is 10.6. The zero-order chi connectivity index (χ0) is 10.3. The zero-order valence-corrected chi connectivity index (χ0v) is 7.63. The number of amides is 1. The molecule has 0 atom stereocenters. The molecule has 3 N–H and O–H groups in total. The third-order valence-electron chi connectivity index (χ3n) is 1.74. The Bertz CT molecular complexity index is 621. The minimum atomic E-state index is -0.904. The third-order valence-corrected chi connectivity index (χ3v) is 2.63. The Morgan fingerprint density at radius 3 is 2.86 bits per heavy atom. The Balaban J connectivity index is 3.09. The summed E-state index contributed by atoms with van der Waals surface area (Å²) in [5, 5.41) is 1.90. The fourth-order valence-corrected chi connectivity index (χ4v) is 2.06. The van der Waals surface area contributed by atoms with Crippen LogP contribution in [0.15, 0.2) is 21.0 Å². The first-order valence-electron chi connectivity index (χ1n) is 3.63. The van der Waals surface area contributed by atoms with Crippen molar-refractivity contribution in [1.82, 2.24) is 9.55 Å². The molecule has 2 heterocycles. The molecule has 2 rings (SSSR count). The number of nitrogens with one attached hydrogen (secondary N) is 1. The van der Waals surface area contributed by atoms with Gasteiger partial charge in [-0.05, 0) is 11.4 Å². The van der Waals surface area contributed by atoms with E-state index in [4.69, 9.17) is 5.73 Å². The third kappa shape index (κ3) is 1.06. The van der Waals surface area contributed by atoms with Crippen molar-refractivity contribution < 1.29 is 4.79 Å². The van der Waals surface area contributed by atoms with E-state index in [9.17, 15) is 14.4 Å². The van der Waals surface area contributed by atoms with Crippen LogP contribution in [-0.2, 0) is 0 Å². The van der Waals surface area contributed by atoms with Gasteiger partial charge in [-0.15, -0.1) is 11.3 Å². The quantitative estimate of drug-likeness (QED) is 0.624. The number of carbonyl (C=O) groups excluding carboxylic acids is 1. The van der Waals surface area contributed by atoms with Gasteiger partial charge in [0, 0.05) is 0 Å². The van der Waals surface area contributed by atoms with Gasteiger partial charge in [-0.25, -0.2) is 14.2 Å². The second kappa shape index (κ2) is 2.81. The Morgan fingerprint density at radius 1 is 1.50 bits per heavy atom. The summed E-state index contributed by atoms with van der Waals surface area (Å²) in [6.07, 6.45) is 0. The maximum Gasteiger partial charge on any atom is 0.337 e. The highest BCUT2D eigenvalue weighted by Crippen LogP contribution is 2.14. The summed E-state index contributed by atoms with van der Waals surface area (Å²) in [5.41, 5.74) is 3.68. The first-order chi connectivity index (χ1) is 6.61. The highest BCUT2D eigenvalue weighted by Gasteiger charge is 2.11. The van der Waals surface area contributed by atoms with E-state index < -0.39 is 17.3 Å². The number of H-pyrrole nitrogens is 1. The van der Waals surface area contributed by atoms with Crippen molar-refractivity contribution in [1.29, 1.82) is 0 Å². The second-order valence-electron chi connectivity index (χ2n) is 2.57. The van der Waals surface area contributed by atoms with E-state index in [0.29, 0.717) is 0 Å². The van der Waals surface area contributed by atoms with Crippen LogP contribution in [0, 0.1) is 0 Å². The number of primary amides is 1. The minimum Gasteiger partial charge on any atom is -0.351 e. The van der Waals surface area contributed by atoms with Gasteiger partial charge in [-0.3, -0.25) is 9.78 Å². The number of rotatable bonds is 0. The van der Waals surface area contributed by atoms with Crippen LogP contribution >= 0.6 is 11.3 Å². The lowest BCUT2D eigenvalue weighted by atomic mass is 10.4. The number of hydrogen-bond acceptors (Lipinski definition) is 4. The lowest BCUT2D eigenvalue weighted by Crippen LogP contribution is -2.36. The number of aromatic nitrogens is 2. The first kappa shape index (κ1) is 8.70. The number of hydrogen-bond donors (Lipinski definition) is 2. The molecule has 14 heavy (non-hydrogen) atoms. The van der Waals surface area contributed by atoms with Gasteiger partial charge in [0.1, 0.15) is 4.83 Å². The monoisotopic (exact) mass is 211 g/mol. The Hall–Kier alpha value is -1.89. The van der Waals surface area contributed by atoms with Gasteiger partial charge >= 0.3 is 11.7 Å². The molecule has 0 aliphatic rings. The van der Waals surface area contributed by atoms with Crippen molar-refractivity contribution in [3.05, 3.63) is 32.3 Å². The van der Waals surface area contributed by atoms with Gasteiger partial charge in [0.2, 0.25) is 0 Å². The van der Waals surface area contributed by atoms with Gasteiger partial charge in [-0.2, -0.15) is 0 Å². The molecule has 0 aromatic carbocycles. The zero-order valence-electron chi connectivity index (χ0n) is 6.81. The van der Waals surface area contributed by atoms with Gasteiger partial charge in [0.25, 0.3) is 5.56 Å². The standard InChI is InChI=1S/C7H5N3O3S/c8-6(12)10-5-3(1-2-14-5)4(11)9-7(10)13/h1-2H,(H2,8,12)(H,9,11,13). The number of nitrogens with zero attached hydrogens (tertiary/aromatic N) is 1. The number of carbonyl (C=O) groups is 1. The minimum absolute atomic E-state index is 0.270. The number of aromatic amines is 1. The summed E-state index contributed by atoms with van der Waals surface area (Å²) in [5.74, 6) is 0. The van der Waals surface area contributed by atoms with Crippen LogP contribution < -0.4 is 17.0 Å². The molecule has 1 amide bonds. The van der Waals surface area contributed by atoms with Crippen molar-refractivity contribution in [3.63, 3.8) is 0 Å². The van der Waals surface area contributed by atoms with Crippen LogP contribution in [0.5, 0.6) is 0 Å². The van der Waals surface area contributed by atoms with Gasteiger partial charge in [-0.1, -0.05) is 0 Å². The van der Waals surface area contributed by atoms with Gasteiger partial charge < -0.3 is 5.73 Å². The fraction of sp³-hybridized carbons (Fsp3) is 0. The van der Waals surface area contributed by atoms with Gasteiger partial charge in [0.05, 0.1) is 5.39 Å². The van der Waals surface area contributed by atoms with Crippen LogP contribution in [-0.4, -0.2) is 15.6 Å². The summed E-state index contributed by atoms with van der Waals surface area (Å²) in [6.45, 7) is 0. The van der Waals surface area contributed by atoms with Crippen LogP contribution in [0.1, 0.15) is 0 Å². The maximum absolute atomic E-state index is 11.2. The molecule has 0 saturated carbocycles. The molecule has 0 fully saturated rings. The van der Waals surface area contributed by atoms with Crippen LogP contribution in [0.2, 0.25) is 0 Å². The predicted molar refractivity (Wildman–Crippen MR) is 51.7 cm³/mol.